The summed E-state index contributed by atoms with van der Waals surface area (Å²) in [5.41, 5.74) is 0.830. The average molecular weight is 218 g/mol. The minimum Gasteiger partial charge on any atom is -0.360 e. The smallest absolute Gasteiger partial charge is 0.203 e. The number of fused-ring (bicyclic) bond motifs is 1. The van der Waals surface area contributed by atoms with E-state index >= 15 is 0 Å². The lowest BCUT2D eigenvalue weighted by molar-refractivity contribution is 0.564. The summed E-state index contributed by atoms with van der Waals surface area (Å²) in [5, 5.41) is 14.7. The Morgan fingerprint density at radius 2 is 2.50 bits per heavy atom. The van der Waals surface area contributed by atoms with Crippen LogP contribution in [0.25, 0.3) is 5.65 Å². The van der Waals surface area contributed by atoms with Gasteiger partial charge in [-0.1, -0.05) is 0 Å². The van der Waals surface area contributed by atoms with Crippen molar-refractivity contribution in [3.05, 3.63) is 18.7 Å². The molecule has 2 N–H and O–H groups in total. The van der Waals surface area contributed by atoms with Crippen LogP contribution in [0.2, 0.25) is 0 Å². The topological polar surface area (TPSA) is 67.1 Å². The zero-order chi connectivity index (χ0) is 11.0. The fourth-order valence-corrected chi connectivity index (χ4v) is 2.06. The van der Waals surface area contributed by atoms with Gasteiger partial charge < -0.3 is 10.6 Å². The molecule has 1 unspecified atom stereocenters. The maximum absolute atomic E-state index is 4.33. The van der Waals surface area contributed by atoms with Crippen molar-refractivity contribution in [1.29, 1.82) is 0 Å². The van der Waals surface area contributed by atoms with E-state index in [9.17, 15) is 0 Å². The third kappa shape index (κ3) is 1.51. The van der Waals surface area contributed by atoms with Gasteiger partial charge in [0.15, 0.2) is 5.82 Å². The number of aromatic nitrogens is 4. The second kappa shape index (κ2) is 3.41. The summed E-state index contributed by atoms with van der Waals surface area (Å²) in [5.74, 6) is 0.797. The predicted octanol–water partition coefficient (Wildman–Crippen LogP) is 0.288. The van der Waals surface area contributed by atoms with Crippen LogP contribution in [0.1, 0.15) is 13.3 Å². The lowest BCUT2D eigenvalue weighted by Crippen LogP contribution is -2.37. The molecule has 0 saturated carbocycles. The maximum Gasteiger partial charge on any atom is 0.203 e. The quantitative estimate of drug-likeness (QED) is 0.758. The molecule has 3 heterocycles. The Hall–Kier alpha value is -1.69. The summed E-state index contributed by atoms with van der Waals surface area (Å²) >= 11 is 0. The molecule has 0 aromatic carbocycles. The van der Waals surface area contributed by atoms with Crippen LogP contribution in [0.3, 0.4) is 0 Å². The number of hydrogen-bond donors (Lipinski definition) is 2. The number of rotatable bonds is 2. The predicted molar refractivity (Wildman–Crippen MR) is 60.3 cm³/mol. The highest BCUT2D eigenvalue weighted by atomic mass is 15.3. The van der Waals surface area contributed by atoms with E-state index in [0.29, 0.717) is 0 Å². The standard InChI is InChI=1S/C10H14N6/c1-10(2-3-11-6-10)14-8-9-15-13-7-16(9)5-4-12-8/h4-5,7,11H,2-3,6H2,1H3,(H,12,14). The van der Waals surface area contributed by atoms with Crippen molar-refractivity contribution in [2.75, 3.05) is 18.4 Å². The highest BCUT2D eigenvalue weighted by Gasteiger charge is 2.29. The maximum atomic E-state index is 4.33. The largest absolute Gasteiger partial charge is 0.360 e. The number of anilines is 1. The SMILES string of the molecule is CC1(Nc2nccn3cnnc23)CCNC1. The van der Waals surface area contributed by atoms with Crippen molar-refractivity contribution in [2.45, 2.75) is 18.9 Å². The Kier molecular flexibility index (Phi) is 2.03. The molecule has 0 bridgehead atoms. The minimum atomic E-state index is 0.0563. The van der Waals surface area contributed by atoms with Crippen LogP contribution in [0, 0.1) is 0 Å². The first-order valence-corrected chi connectivity index (χ1v) is 5.40. The van der Waals surface area contributed by atoms with E-state index in [1.807, 2.05) is 10.6 Å². The highest BCUT2D eigenvalue weighted by molar-refractivity contribution is 5.62. The second-order valence-electron chi connectivity index (χ2n) is 4.45. The van der Waals surface area contributed by atoms with Gasteiger partial charge in [0.05, 0.1) is 0 Å². The van der Waals surface area contributed by atoms with E-state index < -0.39 is 0 Å². The molecule has 0 spiro atoms. The van der Waals surface area contributed by atoms with Crippen LogP contribution in [-0.2, 0) is 0 Å². The van der Waals surface area contributed by atoms with E-state index in [4.69, 9.17) is 0 Å². The lowest BCUT2D eigenvalue weighted by atomic mass is 10.0. The van der Waals surface area contributed by atoms with Gasteiger partial charge in [0.25, 0.3) is 0 Å². The summed E-state index contributed by atoms with van der Waals surface area (Å²) in [6.45, 7) is 4.18. The van der Waals surface area contributed by atoms with E-state index in [1.54, 1.807) is 12.5 Å². The first kappa shape index (κ1) is 9.53. The number of nitrogens with one attached hydrogen (secondary N) is 2. The Bertz CT molecular complexity index is 499. The molecule has 1 atom stereocenters. The molecule has 2 aromatic heterocycles. The van der Waals surface area contributed by atoms with E-state index in [-0.39, 0.29) is 5.54 Å². The van der Waals surface area contributed by atoms with Crippen LogP contribution < -0.4 is 10.6 Å². The van der Waals surface area contributed by atoms with Gasteiger partial charge in [-0.05, 0) is 19.9 Å². The summed E-state index contributed by atoms with van der Waals surface area (Å²) in [7, 11) is 0. The third-order valence-electron chi connectivity index (χ3n) is 3.00. The second-order valence-corrected chi connectivity index (χ2v) is 4.45. The fourth-order valence-electron chi connectivity index (χ4n) is 2.06. The number of nitrogens with zero attached hydrogens (tertiary/aromatic N) is 4. The molecule has 3 rings (SSSR count). The molecule has 6 nitrogen and oxygen atoms in total. The van der Waals surface area contributed by atoms with Crippen LogP contribution >= 0.6 is 0 Å². The normalized spacial score (nSPS) is 25.1. The average Bonchev–Trinajstić information content (AvgIpc) is 2.87. The van der Waals surface area contributed by atoms with Gasteiger partial charge in [0, 0.05) is 24.5 Å². The van der Waals surface area contributed by atoms with E-state index in [0.717, 1.165) is 31.0 Å². The van der Waals surface area contributed by atoms with Crippen LogP contribution in [0.5, 0.6) is 0 Å². The molecule has 2 aromatic rings. The van der Waals surface area contributed by atoms with Gasteiger partial charge in [-0.2, -0.15) is 0 Å². The van der Waals surface area contributed by atoms with Gasteiger partial charge in [0.1, 0.15) is 6.33 Å². The molecular formula is C10H14N6. The monoisotopic (exact) mass is 218 g/mol. The third-order valence-corrected chi connectivity index (χ3v) is 3.00. The van der Waals surface area contributed by atoms with Crippen molar-refractivity contribution in [1.82, 2.24) is 24.9 Å². The van der Waals surface area contributed by atoms with E-state index in [1.165, 1.54) is 0 Å². The fraction of sp³-hybridized carbons (Fsp3) is 0.500. The molecule has 1 aliphatic heterocycles. The molecule has 1 aliphatic rings. The molecule has 6 heteroatoms. The van der Waals surface area contributed by atoms with Gasteiger partial charge >= 0.3 is 0 Å². The van der Waals surface area contributed by atoms with Crippen LogP contribution in [0.4, 0.5) is 5.82 Å². The molecule has 0 amide bonds. The van der Waals surface area contributed by atoms with Crippen molar-refractivity contribution in [2.24, 2.45) is 0 Å². The summed E-state index contributed by atoms with van der Waals surface area (Å²) in [6.07, 6.45) is 6.36. The van der Waals surface area contributed by atoms with Crippen LogP contribution in [-0.4, -0.2) is 38.2 Å². The molecule has 1 fully saturated rings. The van der Waals surface area contributed by atoms with Gasteiger partial charge in [-0.3, -0.25) is 4.40 Å². The summed E-state index contributed by atoms with van der Waals surface area (Å²) < 4.78 is 1.86. The molecule has 0 radical (unpaired) electrons. The van der Waals surface area contributed by atoms with Crippen molar-refractivity contribution >= 4 is 11.5 Å². The molecule has 1 saturated heterocycles. The van der Waals surface area contributed by atoms with Crippen molar-refractivity contribution < 1.29 is 0 Å². The Morgan fingerprint density at radius 1 is 1.56 bits per heavy atom. The van der Waals surface area contributed by atoms with Gasteiger partial charge in [-0.15, -0.1) is 10.2 Å². The summed E-state index contributed by atoms with van der Waals surface area (Å²) in [4.78, 5) is 4.33. The lowest BCUT2D eigenvalue weighted by Gasteiger charge is -2.24. The van der Waals surface area contributed by atoms with Crippen molar-refractivity contribution in [3.8, 4) is 0 Å². The van der Waals surface area contributed by atoms with E-state index in [2.05, 4.69) is 32.7 Å². The van der Waals surface area contributed by atoms with Crippen LogP contribution in [0.15, 0.2) is 18.7 Å². The Balaban J connectivity index is 1.96. The Morgan fingerprint density at radius 3 is 3.31 bits per heavy atom. The van der Waals surface area contributed by atoms with Crippen molar-refractivity contribution in [3.63, 3.8) is 0 Å². The highest BCUT2D eigenvalue weighted by Crippen LogP contribution is 2.21. The van der Waals surface area contributed by atoms with Gasteiger partial charge in [-0.25, -0.2) is 4.98 Å². The number of hydrogen-bond acceptors (Lipinski definition) is 5. The van der Waals surface area contributed by atoms with Gasteiger partial charge in [0.2, 0.25) is 5.65 Å². The summed E-state index contributed by atoms with van der Waals surface area (Å²) in [6, 6.07) is 0. The molecule has 84 valence electrons. The zero-order valence-corrected chi connectivity index (χ0v) is 9.14. The Labute approximate surface area is 93.1 Å². The molecule has 16 heavy (non-hydrogen) atoms. The zero-order valence-electron chi connectivity index (χ0n) is 9.14. The first-order chi connectivity index (χ1) is 7.77. The molecule has 0 aliphatic carbocycles. The minimum absolute atomic E-state index is 0.0563. The molecular weight excluding hydrogens is 204 g/mol. The first-order valence-electron chi connectivity index (χ1n) is 5.40.